The summed E-state index contributed by atoms with van der Waals surface area (Å²) in [5.74, 6) is 0.637. The van der Waals surface area contributed by atoms with Crippen molar-refractivity contribution < 1.29 is 9.13 Å². The summed E-state index contributed by atoms with van der Waals surface area (Å²) < 4.78 is 18.7. The smallest absolute Gasteiger partial charge is 0.191 e. The van der Waals surface area contributed by atoms with Crippen molar-refractivity contribution in [3.8, 4) is 0 Å². The van der Waals surface area contributed by atoms with Crippen LogP contribution in [0.5, 0.6) is 0 Å². The standard InChI is InChI=1S/C17H26FN3O.HI/c1-3-19-17(21-12-16-5-4-10-22-16)20-9-8-14-6-7-15(18)11-13(14)2;/h6-7,11,16H,3-5,8-10,12H2,1-2H3,(H2,19,20,21);1H. The molecule has 2 N–H and O–H groups in total. The fraction of sp³-hybridized carbons (Fsp3) is 0.588. The first-order valence-corrected chi connectivity index (χ1v) is 8.08. The zero-order valence-corrected chi connectivity index (χ0v) is 16.2. The van der Waals surface area contributed by atoms with Gasteiger partial charge in [0.15, 0.2) is 5.96 Å². The van der Waals surface area contributed by atoms with E-state index in [2.05, 4.69) is 15.6 Å². The average molecular weight is 435 g/mol. The van der Waals surface area contributed by atoms with Gasteiger partial charge in [-0.15, -0.1) is 24.0 Å². The maximum atomic E-state index is 13.1. The van der Waals surface area contributed by atoms with Crippen LogP contribution in [0.3, 0.4) is 0 Å². The number of aliphatic imine (C=N–C) groups is 1. The first-order chi connectivity index (χ1) is 10.7. The number of hydrogen-bond donors (Lipinski definition) is 2. The summed E-state index contributed by atoms with van der Waals surface area (Å²) in [5.41, 5.74) is 2.15. The molecule has 0 aliphatic carbocycles. The van der Waals surface area contributed by atoms with Gasteiger partial charge >= 0.3 is 0 Å². The third-order valence-corrected chi connectivity index (χ3v) is 3.81. The molecule has 1 heterocycles. The number of rotatable bonds is 6. The molecule has 2 rings (SSSR count). The fourth-order valence-corrected chi connectivity index (χ4v) is 2.58. The monoisotopic (exact) mass is 435 g/mol. The van der Waals surface area contributed by atoms with Gasteiger partial charge in [-0.2, -0.15) is 0 Å². The van der Waals surface area contributed by atoms with Crippen LogP contribution in [-0.2, 0) is 11.2 Å². The van der Waals surface area contributed by atoms with Crippen LogP contribution < -0.4 is 10.6 Å². The molecular formula is C17H27FIN3O. The predicted molar refractivity (Wildman–Crippen MR) is 103 cm³/mol. The number of aryl methyl sites for hydroxylation is 1. The molecule has 1 aliphatic heterocycles. The molecule has 4 nitrogen and oxygen atoms in total. The van der Waals surface area contributed by atoms with Gasteiger partial charge in [0.2, 0.25) is 0 Å². The minimum atomic E-state index is -0.180. The number of benzene rings is 1. The van der Waals surface area contributed by atoms with Crippen LogP contribution in [0.4, 0.5) is 4.39 Å². The Hall–Kier alpha value is -0.890. The van der Waals surface area contributed by atoms with E-state index < -0.39 is 0 Å². The molecule has 1 aromatic carbocycles. The minimum absolute atomic E-state index is 0. The molecule has 0 saturated carbocycles. The maximum absolute atomic E-state index is 13.1. The topological polar surface area (TPSA) is 45.7 Å². The lowest BCUT2D eigenvalue weighted by molar-refractivity contribution is 0.117. The van der Waals surface area contributed by atoms with Gasteiger partial charge in [-0.1, -0.05) is 6.07 Å². The van der Waals surface area contributed by atoms with Gasteiger partial charge in [0, 0.05) is 19.7 Å². The number of guanidine groups is 1. The van der Waals surface area contributed by atoms with E-state index in [4.69, 9.17) is 4.74 Å². The molecule has 1 saturated heterocycles. The van der Waals surface area contributed by atoms with Crippen molar-refractivity contribution in [1.29, 1.82) is 0 Å². The lowest BCUT2D eigenvalue weighted by Crippen LogP contribution is -2.39. The van der Waals surface area contributed by atoms with Crippen molar-refractivity contribution in [2.24, 2.45) is 4.99 Å². The van der Waals surface area contributed by atoms with Gasteiger partial charge < -0.3 is 15.4 Å². The van der Waals surface area contributed by atoms with E-state index in [0.717, 1.165) is 56.0 Å². The minimum Gasteiger partial charge on any atom is -0.376 e. The highest BCUT2D eigenvalue weighted by atomic mass is 127. The van der Waals surface area contributed by atoms with Crippen molar-refractivity contribution in [3.05, 3.63) is 35.1 Å². The highest BCUT2D eigenvalue weighted by molar-refractivity contribution is 14.0. The van der Waals surface area contributed by atoms with Crippen molar-refractivity contribution in [3.63, 3.8) is 0 Å². The number of nitrogens with zero attached hydrogens (tertiary/aromatic N) is 1. The number of nitrogens with one attached hydrogen (secondary N) is 2. The summed E-state index contributed by atoms with van der Waals surface area (Å²) >= 11 is 0. The molecule has 1 unspecified atom stereocenters. The first-order valence-electron chi connectivity index (χ1n) is 8.08. The second kappa shape index (κ2) is 10.8. The normalized spacial score (nSPS) is 17.7. The van der Waals surface area contributed by atoms with Gasteiger partial charge in [-0.05, 0) is 56.4 Å². The maximum Gasteiger partial charge on any atom is 0.191 e. The summed E-state index contributed by atoms with van der Waals surface area (Å²) in [6, 6.07) is 4.94. The molecule has 1 aromatic rings. The van der Waals surface area contributed by atoms with Gasteiger partial charge in [-0.25, -0.2) is 4.39 Å². The Morgan fingerprint density at radius 2 is 2.22 bits per heavy atom. The number of halogens is 2. The van der Waals surface area contributed by atoms with E-state index in [9.17, 15) is 4.39 Å². The van der Waals surface area contributed by atoms with E-state index in [0.29, 0.717) is 6.54 Å². The average Bonchev–Trinajstić information content (AvgIpc) is 3.00. The molecular weight excluding hydrogens is 408 g/mol. The molecule has 130 valence electrons. The third kappa shape index (κ3) is 7.03. The van der Waals surface area contributed by atoms with Gasteiger partial charge in [0.1, 0.15) is 5.82 Å². The molecule has 0 aromatic heterocycles. The molecule has 23 heavy (non-hydrogen) atoms. The first kappa shape index (κ1) is 20.2. The zero-order valence-electron chi connectivity index (χ0n) is 13.9. The van der Waals surface area contributed by atoms with Gasteiger partial charge in [0.25, 0.3) is 0 Å². The van der Waals surface area contributed by atoms with Crippen LogP contribution in [0.15, 0.2) is 23.2 Å². The summed E-state index contributed by atoms with van der Waals surface area (Å²) in [6.07, 6.45) is 3.33. The quantitative estimate of drug-likeness (QED) is 0.410. The number of hydrogen-bond acceptors (Lipinski definition) is 2. The molecule has 1 fully saturated rings. The Bertz CT molecular complexity index is 505. The summed E-state index contributed by atoms with van der Waals surface area (Å²) in [5, 5.41) is 6.56. The second-order valence-corrected chi connectivity index (χ2v) is 5.60. The molecule has 6 heteroatoms. The summed E-state index contributed by atoms with van der Waals surface area (Å²) in [7, 11) is 0. The molecule has 0 amide bonds. The second-order valence-electron chi connectivity index (χ2n) is 5.60. The van der Waals surface area contributed by atoms with E-state index in [1.165, 1.54) is 6.07 Å². The van der Waals surface area contributed by atoms with E-state index >= 15 is 0 Å². The molecule has 1 aliphatic rings. The van der Waals surface area contributed by atoms with Crippen molar-refractivity contribution >= 4 is 29.9 Å². The van der Waals surface area contributed by atoms with Crippen LogP contribution in [-0.4, -0.2) is 38.3 Å². The highest BCUT2D eigenvalue weighted by Crippen LogP contribution is 2.12. The fourth-order valence-electron chi connectivity index (χ4n) is 2.58. The molecule has 1 atom stereocenters. The van der Waals surface area contributed by atoms with Crippen molar-refractivity contribution in [2.45, 2.75) is 39.2 Å². The van der Waals surface area contributed by atoms with Crippen LogP contribution in [0.1, 0.15) is 30.9 Å². The van der Waals surface area contributed by atoms with Crippen molar-refractivity contribution in [1.82, 2.24) is 10.6 Å². The van der Waals surface area contributed by atoms with Crippen LogP contribution >= 0.6 is 24.0 Å². The Labute approximate surface area is 155 Å². The Kier molecular flexibility index (Phi) is 9.47. The van der Waals surface area contributed by atoms with Crippen LogP contribution in [0.2, 0.25) is 0 Å². The highest BCUT2D eigenvalue weighted by Gasteiger charge is 2.14. The summed E-state index contributed by atoms with van der Waals surface area (Å²) in [6.45, 7) is 7.14. The van der Waals surface area contributed by atoms with Crippen LogP contribution in [0.25, 0.3) is 0 Å². The Morgan fingerprint density at radius 1 is 1.39 bits per heavy atom. The van der Waals surface area contributed by atoms with E-state index in [-0.39, 0.29) is 35.9 Å². The van der Waals surface area contributed by atoms with E-state index in [1.807, 2.05) is 19.9 Å². The Morgan fingerprint density at radius 3 is 2.87 bits per heavy atom. The van der Waals surface area contributed by atoms with E-state index in [1.54, 1.807) is 6.07 Å². The SMILES string of the molecule is CCNC(=NCC1CCCO1)NCCc1ccc(F)cc1C.I. The number of ether oxygens (including phenoxy) is 1. The summed E-state index contributed by atoms with van der Waals surface area (Å²) in [4.78, 5) is 4.57. The lowest BCUT2D eigenvalue weighted by atomic mass is 10.1. The third-order valence-electron chi connectivity index (χ3n) is 3.81. The largest absolute Gasteiger partial charge is 0.376 e. The van der Waals surface area contributed by atoms with Gasteiger partial charge in [-0.3, -0.25) is 4.99 Å². The van der Waals surface area contributed by atoms with Crippen LogP contribution in [0, 0.1) is 12.7 Å². The molecule has 0 spiro atoms. The lowest BCUT2D eigenvalue weighted by Gasteiger charge is -2.13. The zero-order chi connectivity index (χ0) is 15.8. The molecule has 0 radical (unpaired) electrons. The molecule has 0 bridgehead atoms. The Balaban J connectivity index is 0.00000264. The van der Waals surface area contributed by atoms with Crippen molar-refractivity contribution in [2.75, 3.05) is 26.2 Å². The predicted octanol–water partition coefficient (Wildman–Crippen LogP) is 3.03. The van der Waals surface area contributed by atoms with Gasteiger partial charge in [0.05, 0.1) is 12.6 Å².